The minimum atomic E-state index is -1.12. The van der Waals surface area contributed by atoms with Crippen LogP contribution in [0, 0.1) is 15.9 Å². The van der Waals surface area contributed by atoms with Gasteiger partial charge in [0.1, 0.15) is 23.4 Å². The van der Waals surface area contributed by atoms with Gasteiger partial charge in [-0.05, 0) is 48.0 Å². The van der Waals surface area contributed by atoms with Gasteiger partial charge in [-0.15, -0.1) is 0 Å². The van der Waals surface area contributed by atoms with E-state index in [2.05, 4.69) is 0 Å². The highest BCUT2D eigenvalue weighted by molar-refractivity contribution is 6.30. The smallest absolute Gasteiger partial charge is 0.341 e. The van der Waals surface area contributed by atoms with E-state index in [1.54, 1.807) is 24.3 Å². The number of amides is 1. The molecule has 11 heteroatoms. The fraction of sp³-hybridized carbons (Fsp3) is 0.130. The van der Waals surface area contributed by atoms with Crippen LogP contribution in [0.25, 0.3) is 0 Å². The number of halogens is 2. The molecular formula is C23H16ClFN2O7. The van der Waals surface area contributed by atoms with Crippen molar-refractivity contribution >= 4 is 34.9 Å². The maximum Gasteiger partial charge on any atom is 0.341 e. The van der Waals surface area contributed by atoms with Gasteiger partial charge in [0.05, 0.1) is 9.95 Å². The molecule has 3 aromatic rings. The Morgan fingerprint density at radius 2 is 1.74 bits per heavy atom. The zero-order chi connectivity index (χ0) is 24.4. The van der Waals surface area contributed by atoms with E-state index in [9.17, 15) is 24.1 Å². The van der Waals surface area contributed by atoms with Gasteiger partial charge in [0.25, 0.3) is 11.6 Å². The molecule has 1 heterocycles. The van der Waals surface area contributed by atoms with Crippen molar-refractivity contribution in [2.75, 3.05) is 11.5 Å². The fourth-order valence-electron chi connectivity index (χ4n) is 3.52. The monoisotopic (exact) mass is 486 g/mol. The fourth-order valence-corrected chi connectivity index (χ4v) is 3.64. The number of carboxylic acids is 1. The third-order valence-corrected chi connectivity index (χ3v) is 5.43. The number of nitro benzene ring substituents is 1. The maximum absolute atomic E-state index is 14.1. The summed E-state index contributed by atoms with van der Waals surface area (Å²) in [5.41, 5.74) is 0.759. The first-order valence-corrected chi connectivity index (χ1v) is 10.3. The van der Waals surface area contributed by atoms with Crippen LogP contribution in [0.3, 0.4) is 0 Å². The van der Waals surface area contributed by atoms with E-state index in [0.717, 1.165) is 6.07 Å². The SMILES string of the molecule is O=C(O)COc1ccc(C2C(Oc3ccc([N+](=O)[O-])cc3)C(=O)N2c2ccc(Cl)c(F)c2)cc1. The summed E-state index contributed by atoms with van der Waals surface area (Å²) in [6.07, 6.45) is -0.994. The number of nitrogens with zero attached hydrogens (tertiary/aromatic N) is 2. The third kappa shape index (κ3) is 4.62. The van der Waals surface area contributed by atoms with Crippen LogP contribution in [0.4, 0.5) is 15.8 Å². The Morgan fingerprint density at radius 1 is 1.09 bits per heavy atom. The van der Waals surface area contributed by atoms with E-state index in [1.807, 2.05) is 0 Å². The van der Waals surface area contributed by atoms with Crippen LogP contribution in [0.5, 0.6) is 11.5 Å². The van der Waals surface area contributed by atoms with Crippen LogP contribution < -0.4 is 14.4 Å². The first kappa shape index (κ1) is 23.0. The molecule has 0 spiro atoms. The Hall–Kier alpha value is -4.18. The maximum atomic E-state index is 14.1. The number of hydrogen-bond acceptors (Lipinski definition) is 6. The molecule has 1 fully saturated rings. The van der Waals surface area contributed by atoms with E-state index in [1.165, 1.54) is 41.3 Å². The summed E-state index contributed by atoms with van der Waals surface area (Å²) >= 11 is 5.77. The number of carboxylic acid groups (broad SMARTS) is 1. The Bertz CT molecular complexity index is 1250. The lowest BCUT2D eigenvalue weighted by molar-refractivity contribution is -0.384. The molecule has 0 radical (unpaired) electrons. The zero-order valence-corrected chi connectivity index (χ0v) is 18.0. The van der Waals surface area contributed by atoms with Gasteiger partial charge < -0.3 is 14.6 Å². The predicted octanol–water partition coefficient (Wildman–Crippen LogP) is 4.39. The number of hydrogen-bond donors (Lipinski definition) is 1. The molecule has 1 aliphatic rings. The second-order valence-electron chi connectivity index (χ2n) is 7.29. The van der Waals surface area contributed by atoms with E-state index in [0.29, 0.717) is 11.3 Å². The highest BCUT2D eigenvalue weighted by atomic mass is 35.5. The average molecular weight is 487 g/mol. The van der Waals surface area contributed by atoms with Crippen molar-refractivity contribution in [1.29, 1.82) is 0 Å². The molecule has 9 nitrogen and oxygen atoms in total. The lowest BCUT2D eigenvalue weighted by Gasteiger charge is -2.46. The van der Waals surface area contributed by atoms with Crippen molar-refractivity contribution in [2.45, 2.75) is 12.1 Å². The summed E-state index contributed by atoms with van der Waals surface area (Å²) in [6.45, 7) is -0.511. The molecule has 0 saturated carbocycles. The second-order valence-corrected chi connectivity index (χ2v) is 7.70. The van der Waals surface area contributed by atoms with Gasteiger partial charge in [-0.1, -0.05) is 23.7 Å². The van der Waals surface area contributed by atoms with Gasteiger partial charge in [0.15, 0.2) is 6.61 Å². The minimum Gasteiger partial charge on any atom is -0.482 e. The summed E-state index contributed by atoms with van der Waals surface area (Å²) in [7, 11) is 0. The Balaban J connectivity index is 1.63. The summed E-state index contributed by atoms with van der Waals surface area (Å²) in [5.74, 6) is -1.70. The van der Waals surface area contributed by atoms with Crippen LogP contribution in [0.2, 0.25) is 5.02 Å². The molecule has 0 bridgehead atoms. The largest absolute Gasteiger partial charge is 0.482 e. The molecule has 1 aliphatic heterocycles. The molecule has 2 unspecified atom stereocenters. The molecule has 0 aliphatic carbocycles. The number of β-lactam (4-membered cyclic amide) rings is 1. The van der Waals surface area contributed by atoms with Crippen molar-refractivity contribution in [2.24, 2.45) is 0 Å². The summed E-state index contributed by atoms with van der Waals surface area (Å²) in [6, 6.07) is 15.0. The minimum absolute atomic E-state index is 0.0908. The number of benzene rings is 3. The highest BCUT2D eigenvalue weighted by Gasteiger charge is 2.51. The second kappa shape index (κ2) is 9.36. The average Bonchev–Trinajstić information content (AvgIpc) is 2.82. The Labute approximate surface area is 197 Å². The summed E-state index contributed by atoms with van der Waals surface area (Å²) in [4.78, 5) is 35.4. The standard InChI is InChI=1S/C23H16ClFN2O7/c24-18-10-5-15(11-19(18)25)26-21(13-1-6-16(7-2-13)33-12-20(28)29)22(23(26)30)34-17-8-3-14(4-9-17)27(31)32/h1-11,21-22H,12H2,(H,28,29). The van der Waals surface area contributed by atoms with Crippen LogP contribution in [-0.2, 0) is 9.59 Å². The van der Waals surface area contributed by atoms with E-state index in [4.69, 9.17) is 26.2 Å². The number of non-ortho nitro benzene ring substituents is 1. The van der Waals surface area contributed by atoms with Gasteiger partial charge in [0, 0.05) is 17.8 Å². The van der Waals surface area contributed by atoms with Crippen LogP contribution in [-0.4, -0.2) is 34.6 Å². The highest BCUT2D eigenvalue weighted by Crippen LogP contribution is 2.42. The van der Waals surface area contributed by atoms with Crippen LogP contribution in [0.15, 0.2) is 66.7 Å². The quantitative estimate of drug-likeness (QED) is 0.285. The van der Waals surface area contributed by atoms with Gasteiger partial charge in [0.2, 0.25) is 6.10 Å². The van der Waals surface area contributed by atoms with Crippen molar-refractivity contribution < 1.29 is 33.5 Å². The first-order valence-electron chi connectivity index (χ1n) is 9.88. The molecule has 3 aromatic carbocycles. The van der Waals surface area contributed by atoms with Crippen molar-refractivity contribution in [1.82, 2.24) is 0 Å². The lowest BCUT2D eigenvalue weighted by atomic mass is 9.89. The van der Waals surface area contributed by atoms with Crippen LogP contribution in [0.1, 0.15) is 11.6 Å². The lowest BCUT2D eigenvalue weighted by Crippen LogP contribution is -2.61. The molecule has 34 heavy (non-hydrogen) atoms. The van der Waals surface area contributed by atoms with Gasteiger partial charge in [-0.2, -0.15) is 0 Å². The number of anilines is 1. The van der Waals surface area contributed by atoms with E-state index < -0.39 is 41.4 Å². The number of rotatable bonds is 8. The van der Waals surface area contributed by atoms with Gasteiger partial charge >= 0.3 is 5.97 Å². The number of nitro groups is 1. The van der Waals surface area contributed by atoms with Gasteiger partial charge in [-0.3, -0.25) is 19.8 Å². The molecular weight excluding hydrogens is 471 g/mol. The summed E-state index contributed by atoms with van der Waals surface area (Å²) < 4.78 is 25.1. The number of ether oxygens (including phenoxy) is 2. The first-order chi connectivity index (χ1) is 16.2. The number of carbonyl (C=O) groups is 2. The van der Waals surface area contributed by atoms with Crippen LogP contribution >= 0.6 is 11.6 Å². The van der Waals surface area contributed by atoms with Crippen molar-refractivity contribution in [3.8, 4) is 11.5 Å². The molecule has 1 saturated heterocycles. The number of aliphatic carboxylic acids is 1. The Morgan fingerprint density at radius 3 is 2.32 bits per heavy atom. The van der Waals surface area contributed by atoms with Gasteiger partial charge in [-0.25, -0.2) is 9.18 Å². The molecule has 0 aromatic heterocycles. The van der Waals surface area contributed by atoms with Crippen molar-refractivity contribution in [3.63, 3.8) is 0 Å². The van der Waals surface area contributed by atoms with Crippen molar-refractivity contribution in [3.05, 3.63) is 93.2 Å². The summed E-state index contributed by atoms with van der Waals surface area (Å²) in [5, 5.41) is 19.5. The number of carbonyl (C=O) groups excluding carboxylic acids is 1. The molecule has 1 amide bonds. The van der Waals surface area contributed by atoms with E-state index in [-0.39, 0.29) is 22.1 Å². The molecule has 2 atom stereocenters. The Kier molecular flexibility index (Phi) is 6.33. The zero-order valence-electron chi connectivity index (χ0n) is 17.3. The topological polar surface area (TPSA) is 119 Å². The normalized spacial score (nSPS) is 17.1. The molecule has 174 valence electrons. The van der Waals surface area contributed by atoms with E-state index >= 15 is 0 Å². The predicted molar refractivity (Wildman–Crippen MR) is 119 cm³/mol. The third-order valence-electron chi connectivity index (χ3n) is 5.12. The molecule has 4 rings (SSSR count). The molecule has 1 N–H and O–H groups in total.